The molecular weight excluding hydrogens is 353 g/mol. The molecule has 0 atom stereocenters. The first kappa shape index (κ1) is 16.3. The molecule has 24 heavy (non-hydrogen) atoms. The normalized spacial score (nSPS) is 10.4. The van der Waals surface area contributed by atoms with Gasteiger partial charge >= 0.3 is 6.01 Å². The number of amides is 1. The van der Waals surface area contributed by atoms with Crippen LogP contribution in [0.1, 0.15) is 0 Å². The average Bonchev–Trinajstić information content (AvgIpc) is 3.02. The molecule has 0 saturated heterocycles. The minimum absolute atomic E-state index is 0.0438. The van der Waals surface area contributed by atoms with E-state index in [-0.39, 0.29) is 18.5 Å². The maximum absolute atomic E-state index is 11.8. The summed E-state index contributed by atoms with van der Waals surface area (Å²) in [4.78, 5) is 11.8. The maximum atomic E-state index is 11.8. The monoisotopic (exact) mass is 363 g/mol. The van der Waals surface area contributed by atoms with Crippen LogP contribution in [-0.2, 0) is 4.79 Å². The second-order valence-electron chi connectivity index (χ2n) is 4.69. The zero-order valence-electron chi connectivity index (χ0n) is 12.2. The van der Waals surface area contributed by atoms with Crippen LogP contribution in [0.5, 0.6) is 5.75 Å². The molecule has 0 saturated carbocycles. The summed E-state index contributed by atoms with van der Waals surface area (Å²) in [5.41, 5.74) is 0.523. The highest BCUT2D eigenvalue weighted by molar-refractivity contribution is 6.36. The van der Waals surface area contributed by atoms with E-state index in [2.05, 4.69) is 15.5 Å². The fourth-order valence-electron chi connectivity index (χ4n) is 1.87. The van der Waals surface area contributed by atoms with E-state index in [0.717, 1.165) is 0 Å². The molecule has 1 aromatic heterocycles. The lowest BCUT2D eigenvalue weighted by Crippen LogP contribution is -2.20. The second-order valence-corrected chi connectivity index (χ2v) is 5.53. The number of para-hydroxylation sites is 1. The molecule has 0 fully saturated rings. The lowest BCUT2D eigenvalue weighted by Gasteiger charge is -2.04. The minimum atomic E-state index is -0.420. The zero-order valence-corrected chi connectivity index (χ0v) is 13.7. The van der Waals surface area contributed by atoms with E-state index in [1.165, 1.54) is 0 Å². The average molecular weight is 364 g/mol. The third-order valence-electron chi connectivity index (χ3n) is 2.95. The molecule has 3 aromatic rings. The van der Waals surface area contributed by atoms with Crippen LogP contribution >= 0.6 is 23.2 Å². The highest BCUT2D eigenvalue weighted by atomic mass is 35.5. The number of hydrogen-bond acceptors (Lipinski definition) is 5. The SMILES string of the molecule is O=C(COc1ccccc1)Nc1nnc(-c2ccc(Cl)cc2Cl)o1. The molecule has 0 bridgehead atoms. The Morgan fingerprint density at radius 1 is 1.12 bits per heavy atom. The molecular formula is C16H11Cl2N3O3. The van der Waals surface area contributed by atoms with Crippen molar-refractivity contribution in [3.8, 4) is 17.2 Å². The van der Waals surface area contributed by atoms with Crippen molar-refractivity contribution in [1.29, 1.82) is 0 Å². The van der Waals surface area contributed by atoms with Crippen molar-refractivity contribution >= 4 is 35.1 Å². The Labute approximate surface area is 147 Å². The molecule has 1 heterocycles. The molecule has 0 aliphatic carbocycles. The molecule has 0 aliphatic heterocycles. The standard InChI is InChI=1S/C16H11Cl2N3O3/c17-10-6-7-12(13(18)8-10)15-20-21-16(24-15)19-14(22)9-23-11-4-2-1-3-5-11/h1-8H,9H2,(H,19,21,22). The van der Waals surface area contributed by atoms with Gasteiger partial charge in [-0.1, -0.05) is 46.5 Å². The van der Waals surface area contributed by atoms with Crippen molar-refractivity contribution in [1.82, 2.24) is 10.2 Å². The van der Waals surface area contributed by atoms with Crippen LogP contribution in [0.2, 0.25) is 10.0 Å². The number of rotatable bonds is 5. The van der Waals surface area contributed by atoms with Gasteiger partial charge in [-0.15, -0.1) is 5.10 Å². The first-order chi connectivity index (χ1) is 11.6. The maximum Gasteiger partial charge on any atom is 0.322 e. The molecule has 2 aromatic carbocycles. The molecule has 0 aliphatic rings. The molecule has 3 rings (SSSR count). The Balaban J connectivity index is 1.62. The van der Waals surface area contributed by atoms with Gasteiger partial charge in [-0.2, -0.15) is 0 Å². The van der Waals surface area contributed by atoms with Crippen molar-refractivity contribution in [2.24, 2.45) is 0 Å². The Morgan fingerprint density at radius 2 is 1.92 bits per heavy atom. The zero-order chi connectivity index (χ0) is 16.9. The number of hydrogen-bond donors (Lipinski definition) is 1. The first-order valence-electron chi connectivity index (χ1n) is 6.88. The molecule has 0 unspecified atom stereocenters. The summed E-state index contributed by atoms with van der Waals surface area (Å²) in [5, 5.41) is 10.9. The Morgan fingerprint density at radius 3 is 2.67 bits per heavy atom. The summed E-state index contributed by atoms with van der Waals surface area (Å²) in [7, 11) is 0. The van der Waals surface area contributed by atoms with Crippen LogP contribution in [0.4, 0.5) is 6.01 Å². The van der Waals surface area contributed by atoms with Crippen LogP contribution in [0.3, 0.4) is 0 Å². The van der Waals surface area contributed by atoms with Crippen LogP contribution in [0.15, 0.2) is 52.9 Å². The van der Waals surface area contributed by atoms with Crippen molar-refractivity contribution in [3.63, 3.8) is 0 Å². The fraction of sp³-hybridized carbons (Fsp3) is 0.0625. The number of aromatic nitrogens is 2. The quantitative estimate of drug-likeness (QED) is 0.739. The summed E-state index contributed by atoms with van der Waals surface area (Å²) >= 11 is 11.9. The van der Waals surface area contributed by atoms with Crippen LogP contribution in [-0.4, -0.2) is 22.7 Å². The Kier molecular flexibility index (Phi) is 4.98. The van der Waals surface area contributed by atoms with Gasteiger partial charge in [-0.25, -0.2) is 0 Å². The van der Waals surface area contributed by atoms with Crippen molar-refractivity contribution in [3.05, 3.63) is 58.6 Å². The first-order valence-corrected chi connectivity index (χ1v) is 7.64. The second kappa shape index (κ2) is 7.33. The third-order valence-corrected chi connectivity index (χ3v) is 3.49. The van der Waals surface area contributed by atoms with Gasteiger partial charge < -0.3 is 9.15 Å². The van der Waals surface area contributed by atoms with E-state index in [4.69, 9.17) is 32.4 Å². The topological polar surface area (TPSA) is 77.2 Å². The summed E-state index contributed by atoms with van der Waals surface area (Å²) in [6.45, 7) is -0.177. The van der Waals surface area contributed by atoms with Crippen LogP contribution in [0, 0.1) is 0 Å². The predicted octanol–water partition coefficient (Wildman–Crippen LogP) is 4.06. The van der Waals surface area contributed by atoms with Gasteiger partial charge in [0.2, 0.25) is 0 Å². The Hall–Kier alpha value is -2.57. The number of anilines is 1. The summed E-state index contributed by atoms with van der Waals surface area (Å²) in [5.74, 6) is 0.346. The summed E-state index contributed by atoms with van der Waals surface area (Å²) in [6, 6.07) is 13.8. The smallest absolute Gasteiger partial charge is 0.322 e. The molecule has 1 N–H and O–H groups in total. The highest BCUT2D eigenvalue weighted by Gasteiger charge is 2.14. The van der Waals surface area contributed by atoms with E-state index < -0.39 is 5.91 Å². The van der Waals surface area contributed by atoms with Crippen LogP contribution < -0.4 is 10.1 Å². The number of nitrogens with zero attached hydrogens (tertiary/aromatic N) is 2. The van der Waals surface area contributed by atoms with Gasteiger partial charge in [-0.3, -0.25) is 10.1 Å². The lowest BCUT2D eigenvalue weighted by atomic mass is 10.2. The number of carbonyl (C=O) groups is 1. The lowest BCUT2D eigenvalue weighted by molar-refractivity contribution is -0.118. The van der Waals surface area contributed by atoms with Gasteiger partial charge in [0, 0.05) is 5.02 Å². The van der Waals surface area contributed by atoms with Crippen molar-refractivity contribution in [2.75, 3.05) is 11.9 Å². The van der Waals surface area contributed by atoms with Gasteiger partial charge in [0.05, 0.1) is 10.6 Å². The van der Waals surface area contributed by atoms with Gasteiger partial charge in [0.1, 0.15) is 5.75 Å². The summed E-state index contributed by atoms with van der Waals surface area (Å²) in [6.07, 6.45) is 0. The van der Waals surface area contributed by atoms with Crippen LogP contribution in [0.25, 0.3) is 11.5 Å². The van der Waals surface area contributed by atoms with E-state index in [9.17, 15) is 4.79 Å². The number of halogens is 2. The van der Waals surface area contributed by atoms with E-state index in [0.29, 0.717) is 21.4 Å². The number of ether oxygens (including phenoxy) is 1. The van der Waals surface area contributed by atoms with Gasteiger partial charge in [-0.05, 0) is 30.3 Å². The third kappa shape index (κ3) is 4.04. The molecule has 0 spiro atoms. The van der Waals surface area contributed by atoms with Gasteiger partial charge in [0.15, 0.2) is 6.61 Å². The molecule has 122 valence electrons. The number of nitrogens with one attached hydrogen (secondary N) is 1. The molecule has 6 nitrogen and oxygen atoms in total. The fourth-order valence-corrected chi connectivity index (χ4v) is 2.36. The largest absolute Gasteiger partial charge is 0.484 e. The molecule has 1 amide bonds. The summed E-state index contributed by atoms with van der Waals surface area (Å²) < 4.78 is 10.7. The molecule has 8 heteroatoms. The van der Waals surface area contributed by atoms with Crippen molar-refractivity contribution < 1.29 is 13.9 Å². The molecule has 0 radical (unpaired) electrons. The van der Waals surface area contributed by atoms with E-state index in [1.807, 2.05) is 18.2 Å². The van der Waals surface area contributed by atoms with Gasteiger partial charge in [0.25, 0.3) is 11.8 Å². The Bertz CT molecular complexity index is 853. The highest BCUT2D eigenvalue weighted by Crippen LogP contribution is 2.30. The van der Waals surface area contributed by atoms with Crippen molar-refractivity contribution in [2.45, 2.75) is 0 Å². The van der Waals surface area contributed by atoms with E-state index >= 15 is 0 Å². The minimum Gasteiger partial charge on any atom is -0.484 e. The number of carbonyl (C=O) groups excluding carboxylic acids is 1. The number of benzene rings is 2. The predicted molar refractivity (Wildman–Crippen MR) is 90.3 cm³/mol. The van der Waals surface area contributed by atoms with E-state index in [1.54, 1.807) is 30.3 Å².